The maximum Gasteiger partial charge on any atom is 0.0882 e. The molecule has 0 bridgehead atoms. The first-order valence-electron chi connectivity index (χ1n) is 6.19. The van der Waals surface area contributed by atoms with E-state index in [0.29, 0.717) is 0 Å². The number of aromatic amines is 1. The van der Waals surface area contributed by atoms with E-state index in [1.54, 1.807) is 0 Å². The second-order valence-electron chi connectivity index (χ2n) is 6.80. The van der Waals surface area contributed by atoms with Crippen LogP contribution in [0.5, 0.6) is 0 Å². The van der Waals surface area contributed by atoms with Crippen molar-refractivity contribution in [3.8, 4) is 0 Å². The molecule has 2 rings (SSSR count). The van der Waals surface area contributed by atoms with Crippen LogP contribution in [0.3, 0.4) is 0 Å². The van der Waals surface area contributed by atoms with Crippen LogP contribution in [0, 0.1) is 0 Å². The molecule has 0 saturated carbocycles. The molecule has 0 aliphatic heterocycles. The van der Waals surface area contributed by atoms with E-state index in [1.807, 2.05) is 12.3 Å². The van der Waals surface area contributed by atoms with Crippen molar-refractivity contribution in [1.29, 1.82) is 0 Å². The Morgan fingerprint density at radius 3 is 2.18 bits per heavy atom. The van der Waals surface area contributed by atoms with E-state index in [4.69, 9.17) is 4.98 Å². The number of fused-ring (bicyclic) bond motifs is 1. The van der Waals surface area contributed by atoms with Gasteiger partial charge in [-0.2, -0.15) is 0 Å². The molecular formula is C15H22N2. The quantitative estimate of drug-likeness (QED) is 0.723. The molecule has 0 fully saturated rings. The molecule has 2 heterocycles. The Hall–Kier alpha value is -1.31. The van der Waals surface area contributed by atoms with Gasteiger partial charge in [0.25, 0.3) is 0 Å². The van der Waals surface area contributed by atoms with Crippen molar-refractivity contribution in [3.05, 3.63) is 29.6 Å². The van der Waals surface area contributed by atoms with Gasteiger partial charge < -0.3 is 4.98 Å². The number of rotatable bonds is 0. The monoisotopic (exact) mass is 230 g/mol. The van der Waals surface area contributed by atoms with Crippen LogP contribution in [0.4, 0.5) is 0 Å². The van der Waals surface area contributed by atoms with Gasteiger partial charge in [-0.25, -0.2) is 0 Å². The molecule has 0 aromatic carbocycles. The molecule has 0 aliphatic rings. The summed E-state index contributed by atoms with van der Waals surface area (Å²) in [4.78, 5) is 8.09. The SMILES string of the molecule is CC(C)(C)c1cc2[nH]ccc2nc1C(C)(C)C. The first-order chi connectivity index (χ1) is 7.69. The number of aromatic nitrogens is 2. The van der Waals surface area contributed by atoms with Crippen molar-refractivity contribution in [1.82, 2.24) is 9.97 Å². The molecule has 0 amide bonds. The molecule has 0 aliphatic carbocycles. The summed E-state index contributed by atoms with van der Waals surface area (Å²) in [7, 11) is 0. The van der Waals surface area contributed by atoms with Crippen LogP contribution in [0.1, 0.15) is 52.8 Å². The summed E-state index contributed by atoms with van der Waals surface area (Å²) < 4.78 is 0. The van der Waals surface area contributed by atoms with Gasteiger partial charge in [0.2, 0.25) is 0 Å². The molecule has 0 atom stereocenters. The van der Waals surface area contributed by atoms with E-state index in [1.165, 1.54) is 11.3 Å². The zero-order valence-corrected chi connectivity index (χ0v) is 11.7. The van der Waals surface area contributed by atoms with Gasteiger partial charge in [-0.1, -0.05) is 41.5 Å². The third kappa shape index (κ3) is 2.21. The molecular weight excluding hydrogens is 208 g/mol. The van der Waals surface area contributed by atoms with E-state index in [9.17, 15) is 0 Å². The lowest BCUT2D eigenvalue weighted by Gasteiger charge is -2.28. The Morgan fingerprint density at radius 1 is 1.00 bits per heavy atom. The zero-order chi connectivity index (χ0) is 12.8. The highest BCUT2D eigenvalue weighted by atomic mass is 14.8. The normalized spacial score (nSPS) is 13.3. The molecule has 2 nitrogen and oxygen atoms in total. The number of hydrogen-bond donors (Lipinski definition) is 1. The predicted molar refractivity (Wildman–Crippen MR) is 73.5 cm³/mol. The van der Waals surface area contributed by atoms with Gasteiger partial charge in [-0.15, -0.1) is 0 Å². The molecule has 0 unspecified atom stereocenters. The second kappa shape index (κ2) is 3.59. The van der Waals surface area contributed by atoms with Gasteiger partial charge in [0.15, 0.2) is 0 Å². The molecule has 92 valence electrons. The second-order valence-corrected chi connectivity index (χ2v) is 6.80. The van der Waals surface area contributed by atoms with Crippen LogP contribution in [0.25, 0.3) is 11.0 Å². The minimum absolute atomic E-state index is 0.0775. The molecule has 1 N–H and O–H groups in total. The molecule has 0 saturated heterocycles. The number of pyridine rings is 1. The molecule has 0 radical (unpaired) electrons. The van der Waals surface area contributed by atoms with Crippen molar-refractivity contribution >= 4 is 11.0 Å². The summed E-state index contributed by atoms with van der Waals surface area (Å²) in [6.45, 7) is 13.4. The summed E-state index contributed by atoms with van der Waals surface area (Å²) in [6.07, 6.45) is 1.95. The van der Waals surface area contributed by atoms with Crippen molar-refractivity contribution in [2.45, 2.75) is 52.4 Å². The van der Waals surface area contributed by atoms with Crippen LogP contribution in [-0.2, 0) is 10.8 Å². The van der Waals surface area contributed by atoms with E-state index in [-0.39, 0.29) is 10.8 Å². The minimum Gasteiger partial charge on any atom is -0.360 e. The highest BCUT2D eigenvalue weighted by molar-refractivity contribution is 5.76. The topological polar surface area (TPSA) is 28.7 Å². The average molecular weight is 230 g/mol. The first-order valence-corrected chi connectivity index (χ1v) is 6.19. The van der Waals surface area contributed by atoms with Gasteiger partial charge in [0, 0.05) is 11.6 Å². The fourth-order valence-corrected chi connectivity index (χ4v) is 2.12. The number of H-pyrrole nitrogens is 1. The van der Waals surface area contributed by atoms with Crippen LogP contribution in [-0.4, -0.2) is 9.97 Å². The number of nitrogens with one attached hydrogen (secondary N) is 1. The Bertz CT molecular complexity index is 488. The molecule has 0 spiro atoms. The summed E-state index contributed by atoms with van der Waals surface area (Å²) in [5.74, 6) is 0. The smallest absolute Gasteiger partial charge is 0.0882 e. The van der Waals surface area contributed by atoms with Crippen LogP contribution in [0.15, 0.2) is 18.3 Å². The van der Waals surface area contributed by atoms with Gasteiger partial charge in [-0.05, 0) is 23.1 Å². The molecule has 2 aromatic heterocycles. The predicted octanol–water partition coefficient (Wildman–Crippen LogP) is 4.16. The standard InChI is InChI=1S/C15H22N2/c1-14(2,3)10-9-12-11(7-8-16-12)17-13(10)15(4,5)6/h7-9,16H,1-6H3. The van der Waals surface area contributed by atoms with Gasteiger partial charge in [0.05, 0.1) is 16.7 Å². The van der Waals surface area contributed by atoms with Crippen molar-refractivity contribution in [2.24, 2.45) is 0 Å². The summed E-state index contributed by atoms with van der Waals surface area (Å²) in [5, 5.41) is 0. The van der Waals surface area contributed by atoms with Gasteiger partial charge in [-0.3, -0.25) is 4.98 Å². The Kier molecular flexibility index (Phi) is 2.57. The number of hydrogen-bond acceptors (Lipinski definition) is 1. The fourth-order valence-electron chi connectivity index (χ4n) is 2.12. The molecule has 2 heteroatoms. The highest BCUT2D eigenvalue weighted by Crippen LogP contribution is 2.34. The van der Waals surface area contributed by atoms with Crippen LogP contribution < -0.4 is 0 Å². The van der Waals surface area contributed by atoms with Crippen molar-refractivity contribution < 1.29 is 0 Å². The minimum atomic E-state index is 0.0775. The Morgan fingerprint density at radius 2 is 1.65 bits per heavy atom. The van der Waals surface area contributed by atoms with Crippen LogP contribution >= 0.6 is 0 Å². The van der Waals surface area contributed by atoms with Gasteiger partial charge in [0.1, 0.15) is 0 Å². The van der Waals surface area contributed by atoms with Crippen molar-refractivity contribution in [2.75, 3.05) is 0 Å². The van der Waals surface area contributed by atoms with E-state index in [2.05, 4.69) is 52.6 Å². The summed E-state index contributed by atoms with van der Waals surface area (Å²) >= 11 is 0. The maximum absolute atomic E-state index is 4.84. The van der Waals surface area contributed by atoms with E-state index in [0.717, 1.165) is 11.0 Å². The third-order valence-corrected chi connectivity index (χ3v) is 3.05. The summed E-state index contributed by atoms with van der Waals surface area (Å²) in [5.41, 5.74) is 4.92. The lowest BCUT2D eigenvalue weighted by atomic mass is 9.78. The lowest BCUT2D eigenvalue weighted by Crippen LogP contribution is -2.23. The van der Waals surface area contributed by atoms with Crippen LogP contribution in [0.2, 0.25) is 0 Å². The van der Waals surface area contributed by atoms with E-state index >= 15 is 0 Å². The zero-order valence-electron chi connectivity index (χ0n) is 11.7. The molecule has 17 heavy (non-hydrogen) atoms. The van der Waals surface area contributed by atoms with E-state index < -0.39 is 0 Å². The largest absolute Gasteiger partial charge is 0.360 e. The van der Waals surface area contributed by atoms with Gasteiger partial charge >= 0.3 is 0 Å². The average Bonchev–Trinajstić information content (AvgIpc) is 2.59. The van der Waals surface area contributed by atoms with Crippen molar-refractivity contribution in [3.63, 3.8) is 0 Å². The third-order valence-electron chi connectivity index (χ3n) is 3.05. The highest BCUT2D eigenvalue weighted by Gasteiger charge is 2.27. The fraction of sp³-hybridized carbons (Fsp3) is 0.533. The Balaban J connectivity index is 2.78. The Labute approximate surface area is 103 Å². The first kappa shape index (κ1) is 12.2. The maximum atomic E-state index is 4.84. The lowest BCUT2D eigenvalue weighted by molar-refractivity contribution is 0.516. The number of nitrogens with zero attached hydrogens (tertiary/aromatic N) is 1. The summed E-state index contributed by atoms with van der Waals surface area (Å²) in [6, 6.07) is 4.29. The molecule has 2 aromatic rings.